The van der Waals surface area contributed by atoms with Crippen LogP contribution in [0.2, 0.25) is 0 Å². The van der Waals surface area contributed by atoms with Crippen molar-refractivity contribution < 1.29 is 17.9 Å². The molecule has 0 fully saturated rings. The Labute approximate surface area is 198 Å². The van der Waals surface area contributed by atoms with Crippen LogP contribution in [0.4, 0.5) is 0 Å². The fourth-order valence-corrected chi connectivity index (χ4v) is 4.46. The number of rotatable bonds is 9. The number of aromatic nitrogens is 1. The van der Waals surface area contributed by atoms with Crippen molar-refractivity contribution in [3.05, 3.63) is 81.8 Å². The van der Waals surface area contributed by atoms with Crippen LogP contribution in [-0.4, -0.2) is 37.7 Å². The van der Waals surface area contributed by atoms with E-state index in [9.17, 15) is 13.2 Å². The van der Waals surface area contributed by atoms with Gasteiger partial charge in [0.15, 0.2) is 0 Å². The van der Waals surface area contributed by atoms with E-state index in [1.807, 2.05) is 43.5 Å². The predicted molar refractivity (Wildman–Crippen MR) is 131 cm³/mol. The van der Waals surface area contributed by atoms with Gasteiger partial charge in [0.2, 0.25) is 15.9 Å². The number of benzene rings is 2. The molecule has 0 aliphatic rings. The Kier molecular flexibility index (Phi) is 8.01. The lowest BCUT2D eigenvalue weighted by Gasteiger charge is -2.15. The summed E-state index contributed by atoms with van der Waals surface area (Å²) in [5.74, 6) is 0.488. The van der Waals surface area contributed by atoms with Crippen LogP contribution in [0.25, 0.3) is 6.08 Å². The summed E-state index contributed by atoms with van der Waals surface area (Å²) >= 11 is 1.59. The number of hydrogen-bond donors (Lipinski definition) is 1. The molecular weight excluding hydrogens is 458 g/mol. The van der Waals surface area contributed by atoms with E-state index in [-0.39, 0.29) is 16.8 Å². The number of thiazole rings is 1. The first kappa shape index (κ1) is 24.6. The molecule has 1 unspecified atom stereocenters. The second-order valence-electron chi connectivity index (χ2n) is 7.64. The van der Waals surface area contributed by atoms with E-state index in [1.165, 1.54) is 24.5 Å². The minimum absolute atomic E-state index is 0.212. The molecule has 3 rings (SSSR count). The molecule has 1 N–H and O–H groups in total. The number of nitrogens with one attached hydrogen (secondary N) is 1. The molecule has 9 heteroatoms. The van der Waals surface area contributed by atoms with Crippen LogP contribution in [0.3, 0.4) is 0 Å². The van der Waals surface area contributed by atoms with Crippen molar-refractivity contribution in [1.29, 1.82) is 0 Å². The van der Waals surface area contributed by atoms with E-state index in [0.717, 1.165) is 27.6 Å². The highest BCUT2D eigenvalue weighted by Crippen LogP contribution is 2.19. The molecule has 0 saturated heterocycles. The lowest BCUT2D eigenvalue weighted by Crippen LogP contribution is -2.25. The average Bonchev–Trinajstić information content (AvgIpc) is 3.22. The van der Waals surface area contributed by atoms with Crippen LogP contribution in [0.5, 0.6) is 5.75 Å². The summed E-state index contributed by atoms with van der Waals surface area (Å²) in [5.41, 5.74) is 2.58. The van der Waals surface area contributed by atoms with E-state index < -0.39 is 10.0 Å². The van der Waals surface area contributed by atoms with Gasteiger partial charge in [-0.2, -0.15) is 0 Å². The first-order valence-corrected chi connectivity index (χ1v) is 12.6. The Bertz CT molecular complexity index is 1220. The summed E-state index contributed by atoms with van der Waals surface area (Å²) in [7, 11) is -0.502. The molecule has 0 bridgehead atoms. The second-order valence-corrected chi connectivity index (χ2v) is 10.8. The summed E-state index contributed by atoms with van der Waals surface area (Å²) in [6, 6.07) is 13.7. The van der Waals surface area contributed by atoms with Crippen LogP contribution in [-0.2, 0) is 21.4 Å². The van der Waals surface area contributed by atoms with Crippen LogP contribution < -0.4 is 10.1 Å². The van der Waals surface area contributed by atoms with Gasteiger partial charge >= 0.3 is 0 Å². The van der Waals surface area contributed by atoms with Crippen molar-refractivity contribution in [3.8, 4) is 5.75 Å². The van der Waals surface area contributed by atoms with Crippen LogP contribution >= 0.6 is 11.3 Å². The highest BCUT2D eigenvalue weighted by atomic mass is 32.2. The molecule has 0 saturated carbocycles. The van der Waals surface area contributed by atoms with Crippen LogP contribution in [0.1, 0.15) is 34.8 Å². The van der Waals surface area contributed by atoms with Crippen LogP contribution in [0, 0.1) is 6.92 Å². The van der Waals surface area contributed by atoms with Gasteiger partial charge in [-0.25, -0.2) is 17.7 Å². The lowest BCUT2D eigenvalue weighted by atomic mass is 10.1. The third kappa shape index (κ3) is 6.74. The monoisotopic (exact) mass is 485 g/mol. The standard InChI is InChI=1S/C24H27N3O4S2/c1-17(20-8-12-23(13-9-20)33(29,30)27(3)4)25-24(28)14-7-19-5-10-22(11-6-19)31-15-21-16-32-18(2)26-21/h5-14,16-17H,15H2,1-4H3,(H,25,28). The maximum absolute atomic E-state index is 12.3. The molecular formula is C24H27N3O4S2. The maximum Gasteiger partial charge on any atom is 0.244 e. The van der Waals surface area contributed by atoms with Gasteiger partial charge in [-0.1, -0.05) is 24.3 Å². The lowest BCUT2D eigenvalue weighted by molar-refractivity contribution is -0.117. The molecule has 1 aromatic heterocycles. The Hall–Kier alpha value is -3.01. The Balaban J connectivity index is 1.52. The van der Waals surface area contributed by atoms with Crippen molar-refractivity contribution >= 4 is 33.3 Å². The first-order chi connectivity index (χ1) is 15.6. The van der Waals surface area contributed by atoms with Crippen molar-refractivity contribution in [3.63, 3.8) is 0 Å². The molecule has 1 heterocycles. The molecule has 7 nitrogen and oxygen atoms in total. The normalized spacial score (nSPS) is 12.8. The molecule has 1 atom stereocenters. The minimum atomic E-state index is -3.48. The fourth-order valence-electron chi connectivity index (χ4n) is 2.96. The van der Waals surface area contributed by atoms with Gasteiger partial charge in [0.05, 0.1) is 21.6 Å². The first-order valence-electron chi connectivity index (χ1n) is 10.3. The molecule has 0 aliphatic carbocycles. The van der Waals surface area contributed by atoms with E-state index >= 15 is 0 Å². The summed E-state index contributed by atoms with van der Waals surface area (Å²) in [6.07, 6.45) is 3.19. The number of aryl methyl sites for hydroxylation is 1. The van der Waals surface area contributed by atoms with Crippen molar-refractivity contribution in [1.82, 2.24) is 14.6 Å². The van der Waals surface area contributed by atoms with Gasteiger partial charge in [-0.05, 0) is 55.3 Å². The van der Waals surface area contributed by atoms with Gasteiger partial charge < -0.3 is 10.1 Å². The van der Waals surface area contributed by atoms with Gasteiger partial charge in [0, 0.05) is 25.6 Å². The number of carbonyl (C=O) groups excluding carboxylic acids is 1. The molecule has 0 spiro atoms. The average molecular weight is 486 g/mol. The molecule has 0 radical (unpaired) electrons. The zero-order valence-electron chi connectivity index (χ0n) is 19.0. The maximum atomic E-state index is 12.3. The van der Waals surface area contributed by atoms with E-state index in [0.29, 0.717) is 6.61 Å². The minimum Gasteiger partial charge on any atom is -0.487 e. The molecule has 33 heavy (non-hydrogen) atoms. The summed E-state index contributed by atoms with van der Waals surface area (Å²) < 4.78 is 31.2. The zero-order chi connectivity index (χ0) is 24.0. The SMILES string of the molecule is Cc1nc(COc2ccc(C=CC(=O)NC(C)c3ccc(S(=O)(=O)N(C)C)cc3)cc2)cs1. The van der Waals surface area contributed by atoms with Crippen molar-refractivity contribution in [2.75, 3.05) is 14.1 Å². The quantitative estimate of drug-likeness (QED) is 0.460. The zero-order valence-corrected chi connectivity index (χ0v) is 20.6. The summed E-state index contributed by atoms with van der Waals surface area (Å²) in [6.45, 7) is 4.22. The third-order valence-corrected chi connectivity index (χ3v) is 7.53. The number of nitrogens with zero attached hydrogens (tertiary/aromatic N) is 2. The number of ether oxygens (including phenoxy) is 1. The number of amides is 1. The largest absolute Gasteiger partial charge is 0.487 e. The Morgan fingerprint density at radius 1 is 1.15 bits per heavy atom. The van der Waals surface area contributed by atoms with Gasteiger partial charge in [0.1, 0.15) is 12.4 Å². The Morgan fingerprint density at radius 3 is 2.39 bits per heavy atom. The van der Waals surface area contributed by atoms with Gasteiger partial charge in [-0.15, -0.1) is 11.3 Å². The summed E-state index contributed by atoms with van der Waals surface area (Å²) in [4.78, 5) is 16.9. The number of sulfonamides is 1. The second kappa shape index (κ2) is 10.7. The van der Waals surface area contributed by atoms with Gasteiger partial charge in [-0.3, -0.25) is 4.79 Å². The molecule has 174 valence electrons. The smallest absolute Gasteiger partial charge is 0.244 e. The molecule has 0 aliphatic heterocycles. The van der Waals surface area contributed by atoms with E-state index in [1.54, 1.807) is 41.7 Å². The van der Waals surface area contributed by atoms with E-state index in [4.69, 9.17) is 4.74 Å². The summed E-state index contributed by atoms with van der Waals surface area (Å²) in [5, 5.41) is 5.87. The topological polar surface area (TPSA) is 88.6 Å². The third-order valence-electron chi connectivity index (χ3n) is 4.88. The highest BCUT2D eigenvalue weighted by molar-refractivity contribution is 7.89. The molecule has 2 aromatic carbocycles. The van der Waals surface area contributed by atoms with Crippen molar-refractivity contribution in [2.45, 2.75) is 31.4 Å². The number of hydrogen-bond acceptors (Lipinski definition) is 6. The van der Waals surface area contributed by atoms with Gasteiger partial charge in [0.25, 0.3) is 0 Å². The van der Waals surface area contributed by atoms with Crippen molar-refractivity contribution in [2.24, 2.45) is 0 Å². The predicted octanol–water partition coefficient (Wildman–Crippen LogP) is 4.17. The highest BCUT2D eigenvalue weighted by Gasteiger charge is 2.17. The molecule has 3 aromatic rings. The molecule has 1 amide bonds. The number of carbonyl (C=O) groups is 1. The van der Waals surface area contributed by atoms with E-state index in [2.05, 4.69) is 10.3 Å². The fraction of sp³-hybridized carbons (Fsp3) is 0.250. The Morgan fingerprint density at radius 2 is 1.82 bits per heavy atom. The van der Waals surface area contributed by atoms with Crippen LogP contribution in [0.15, 0.2) is 64.9 Å².